The summed E-state index contributed by atoms with van der Waals surface area (Å²) in [6.07, 6.45) is 0. The molecule has 0 saturated heterocycles. The van der Waals surface area contributed by atoms with E-state index >= 15 is 0 Å². The summed E-state index contributed by atoms with van der Waals surface area (Å²) >= 11 is 0. The van der Waals surface area contributed by atoms with Gasteiger partial charge < -0.3 is 26.1 Å². The Morgan fingerprint density at radius 1 is 1.09 bits per heavy atom. The fraction of sp³-hybridized carbons (Fsp3) is 1.00. The fourth-order valence-electron chi connectivity index (χ4n) is 0. The van der Waals surface area contributed by atoms with Gasteiger partial charge in [0.05, 0.1) is 0 Å². The molecule has 0 aromatic heterocycles. The van der Waals surface area contributed by atoms with Crippen LogP contribution in [0.4, 0.5) is 0 Å². The molecule has 0 amide bonds. The van der Waals surface area contributed by atoms with Crippen LogP contribution in [0, 0.1) is 0 Å². The Kier molecular flexibility index (Phi) is 19.8. The minimum absolute atomic E-state index is 0.750. The van der Waals surface area contributed by atoms with Gasteiger partial charge in [0.1, 0.15) is 0 Å². The van der Waals surface area contributed by atoms with E-state index in [1.165, 1.54) is 0 Å². The van der Waals surface area contributed by atoms with Gasteiger partial charge in [0, 0.05) is 0 Å². The number of hydrogen-bond acceptors (Lipinski definition) is 3. The number of rotatable bonds is 0. The average Bonchev–Trinajstić information content (AvgIpc) is 1.62. The zero-order valence-corrected chi connectivity index (χ0v) is 7.66. The number of phosphoric acid groups is 1. The van der Waals surface area contributed by atoms with Crippen molar-refractivity contribution in [3.8, 4) is 0 Å². The van der Waals surface area contributed by atoms with Crippen molar-refractivity contribution >= 4 is 7.82 Å². The Balaban J connectivity index is -0.0000000933. The summed E-state index contributed by atoms with van der Waals surface area (Å²) in [5.41, 5.74) is 9.69. The Bertz CT molecular complexity index is 83.8. The zero-order chi connectivity index (χ0) is 9.91. The molecule has 0 atom stereocenters. The highest BCUT2D eigenvalue weighted by Gasteiger charge is 2.00. The first-order chi connectivity index (χ1) is 4.83. The molecule has 0 radical (unpaired) electrons. The predicted molar refractivity (Wildman–Crippen MR) is 43.7 cm³/mol. The normalized spacial score (nSPS) is 8.64. The Morgan fingerprint density at radius 3 is 1.09 bits per heavy atom. The van der Waals surface area contributed by atoms with Crippen LogP contribution in [0.5, 0.6) is 0 Å². The van der Waals surface area contributed by atoms with Gasteiger partial charge in [0.15, 0.2) is 0 Å². The maximum Gasteiger partial charge on any atom is 0.466 e. The summed E-state index contributed by atoms with van der Waals surface area (Å²) in [5.74, 6) is 0. The van der Waals surface area contributed by atoms with Crippen molar-refractivity contribution in [3.05, 3.63) is 0 Å². The molecule has 0 saturated carbocycles. The van der Waals surface area contributed by atoms with E-state index in [0.717, 1.165) is 13.1 Å². The number of nitrogens with two attached hydrogens (primary N) is 2. The van der Waals surface area contributed by atoms with E-state index in [1.54, 1.807) is 0 Å². The molecule has 0 aliphatic carbocycles. The SMILES string of the molecule is CCN.CCN.O=P(O)(O)O. The second-order valence-corrected chi connectivity index (χ2v) is 2.36. The maximum absolute atomic E-state index is 8.88. The van der Waals surface area contributed by atoms with Crippen LogP contribution in [-0.4, -0.2) is 27.8 Å². The summed E-state index contributed by atoms with van der Waals surface area (Å²) in [7, 11) is -4.64. The van der Waals surface area contributed by atoms with Gasteiger partial charge >= 0.3 is 7.82 Å². The second kappa shape index (κ2) is 12.7. The third kappa shape index (κ3) is 719000. The van der Waals surface area contributed by atoms with Gasteiger partial charge in [0.2, 0.25) is 0 Å². The molecule has 0 aliphatic rings. The predicted octanol–water partition coefficient (Wildman–Crippen LogP) is -0.999. The van der Waals surface area contributed by atoms with Gasteiger partial charge in [-0.05, 0) is 13.1 Å². The molecule has 0 spiro atoms. The molecule has 0 heterocycles. The average molecular weight is 188 g/mol. The van der Waals surface area contributed by atoms with E-state index in [0.29, 0.717) is 0 Å². The monoisotopic (exact) mass is 188 g/mol. The molecule has 0 rings (SSSR count). The molecule has 0 fully saturated rings. The first kappa shape index (κ1) is 17.2. The third-order valence-corrected chi connectivity index (χ3v) is 0. The summed E-state index contributed by atoms with van der Waals surface area (Å²) < 4.78 is 8.88. The van der Waals surface area contributed by atoms with E-state index < -0.39 is 7.82 Å². The van der Waals surface area contributed by atoms with Crippen LogP contribution < -0.4 is 11.5 Å². The lowest BCUT2D eigenvalue weighted by Gasteiger charge is -1.82. The van der Waals surface area contributed by atoms with Gasteiger partial charge in [-0.1, -0.05) is 13.8 Å². The van der Waals surface area contributed by atoms with Crippen molar-refractivity contribution < 1.29 is 19.2 Å². The van der Waals surface area contributed by atoms with Crippen molar-refractivity contribution in [2.24, 2.45) is 11.5 Å². The Labute approximate surface area is 66.5 Å². The molecule has 0 bridgehead atoms. The van der Waals surface area contributed by atoms with Gasteiger partial charge in [-0.15, -0.1) is 0 Å². The van der Waals surface area contributed by atoms with Gasteiger partial charge in [0.25, 0.3) is 0 Å². The van der Waals surface area contributed by atoms with Crippen LogP contribution in [0.1, 0.15) is 13.8 Å². The van der Waals surface area contributed by atoms with Gasteiger partial charge in [-0.3, -0.25) is 0 Å². The molecule has 6 nitrogen and oxygen atoms in total. The Hall–Kier alpha value is 0.0300. The van der Waals surface area contributed by atoms with Crippen LogP contribution in [-0.2, 0) is 4.57 Å². The summed E-state index contributed by atoms with van der Waals surface area (Å²) in [4.78, 5) is 21.6. The fourth-order valence-corrected chi connectivity index (χ4v) is 0. The van der Waals surface area contributed by atoms with E-state index in [4.69, 9.17) is 30.7 Å². The van der Waals surface area contributed by atoms with Crippen molar-refractivity contribution in [2.45, 2.75) is 13.8 Å². The molecular formula is C4H17N2O4P. The molecule has 0 aliphatic heterocycles. The van der Waals surface area contributed by atoms with Gasteiger partial charge in [-0.25, -0.2) is 4.57 Å². The summed E-state index contributed by atoms with van der Waals surface area (Å²) in [5, 5.41) is 0. The second-order valence-electron chi connectivity index (χ2n) is 1.33. The van der Waals surface area contributed by atoms with Gasteiger partial charge in [-0.2, -0.15) is 0 Å². The lowest BCUT2D eigenvalue weighted by molar-refractivity contribution is 0.275. The molecule has 0 unspecified atom stereocenters. The maximum atomic E-state index is 8.88. The smallest absolute Gasteiger partial charge is 0.331 e. The van der Waals surface area contributed by atoms with E-state index in [9.17, 15) is 0 Å². The van der Waals surface area contributed by atoms with Crippen molar-refractivity contribution in [1.29, 1.82) is 0 Å². The molecular weight excluding hydrogens is 171 g/mol. The van der Waals surface area contributed by atoms with Crippen molar-refractivity contribution in [3.63, 3.8) is 0 Å². The summed E-state index contributed by atoms with van der Waals surface area (Å²) in [6.45, 7) is 5.31. The molecule has 72 valence electrons. The highest BCUT2D eigenvalue weighted by atomic mass is 31.2. The quantitative estimate of drug-likeness (QED) is 0.310. The van der Waals surface area contributed by atoms with E-state index in [2.05, 4.69) is 0 Å². The number of hydrogen-bond donors (Lipinski definition) is 5. The van der Waals surface area contributed by atoms with Crippen LogP contribution in [0.25, 0.3) is 0 Å². The lowest BCUT2D eigenvalue weighted by atomic mass is 10.8. The minimum atomic E-state index is -4.64. The third-order valence-electron chi connectivity index (χ3n) is 0. The molecule has 7 N–H and O–H groups in total. The largest absolute Gasteiger partial charge is 0.466 e. The first-order valence-corrected chi connectivity index (χ1v) is 4.58. The molecule has 0 aromatic rings. The topological polar surface area (TPSA) is 130 Å². The standard InChI is InChI=1S/2C2H7N.H3O4P/c2*1-2-3;1-5(2,3)4/h2*2-3H2,1H3;(H3,1,2,3,4). The van der Waals surface area contributed by atoms with Crippen LogP contribution in [0.3, 0.4) is 0 Å². The first-order valence-electron chi connectivity index (χ1n) is 3.01. The van der Waals surface area contributed by atoms with Crippen LogP contribution >= 0.6 is 7.82 Å². The lowest BCUT2D eigenvalue weighted by Crippen LogP contribution is -1.87. The van der Waals surface area contributed by atoms with Crippen molar-refractivity contribution in [1.82, 2.24) is 0 Å². The molecule has 0 aromatic carbocycles. The van der Waals surface area contributed by atoms with E-state index in [1.807, 2.05) is 13.8 Å². The van der Waals surface area contributed by atoms with E-state index in [-0.39, 0.29) is 0 Å². The highest BCUT2D eigenvalue weighted by Crippen LogP contribution is 2.25. The minimum Gasteiger partial charge on any atom is -0.331 e. The highest BCUT2D eigenvalue weighted by molar-refractivity contribution is 7.45. The zero-order valence-electron chi connectivity index (χ0n) is 6.77. The summed E-state index contributed by atoms with van der Waals surface area (Å²) in [6, 6.07) is 0. The van der Waals surface area contributed by atoms with Crippen LogP contribution in [0.15, 0.2) is 0 Å². The Morgan fingerprint density at radius 2 is 1.09 bits per heavy atom. The van der Waals surface area contributed by atoms with Crippen LogP contribution in [0.2, 0.25) is 0 Å². The molecule has 11 heavy (non-hydrogen) atoms. The van der Waals surface area contributed by atoms with Crippen molar-refractivity contribution in [2.75, 3.05) is 13.1 Å². The molecule has 7 heteroatoms.